The molecule has 0 unspecified atom stereocenters. The summed E-state index contributed by atoms with van der Waals surface area (Å²) >= 11 is 0. The molecule has 7 nitrogen and oxygen atoms in total. The summed E-state index contributed by atoms with van der Waals surface area (Å²) in [4.78, 5) is 30.3. The first-order valence-corrected chi connectivity index (χ1v) is 9.68. The smallest absolute Gasteiger partial charge is 0.330 e. The highest BCUT2D eigenvalue weighted by molar-refractivity contribution is 5.95. The van der Waals surface area contributed by atoms with Gasteiger partial charge in [-0.1, -0.05) is 30.3 Å². The lowest BCUT2D eigenvalue weighted by Crippen LogP contribution is -2.36. The van der Waals surface area contributed by atoms with E-state index in [2.05, 4.69) is 4.98 Å². The summed E-state index contributed by atoms with van der Waals surface area (Å²) in [6, 6.07) is 15.8. The maximum Gasteiger partial charge on any atom is 0.330 e. The second-order valence-electron chi connectivity index (χ2n) is 7.57. The predicted octanol–water partition coefficient (Wildman–Crippen LogP) is 2.89. The van der Waals surface area contributed by atoms with Crippen LogP contribution in [0, 0.1) is 6.92 Å². The van der Waals surface area contributed by atoms with Crippen molar-refractivity contribution in [2.45, 2.75) is 6.92 Å². The topological polar surface area (TPSA) is 66.8 Å². The Morgan fingerprint density at radius 1 is 0.833 bits per heavy atom. The van der Waals surface area contributed by atoms with Crippen LogP contribution in [0.3, 0.4) is 0 Å². The molecule has 0 saturated heterocycles. The number of aryl methyl sites for hydroxylation is 3. The monoisotopic (exact) mass is 399 g/mol. The van der Waals surface area contributed by atoms with E-state index in [0.717, 1.165) is 38.4 Å². The SMILES string of the molecule is Cc1nc2cc(-n3cc4c(c3-c3ccccc3)c(=O)n(C)c(=O)n4C)ccc2n1C. The highest BCUT2D eigenvalue weighted by atomic mass is 16.2. The standard InChI is InChI=1S/C23H21N5O2/c1-14-24-17-12-16(10-11-18(17)25(14)2)28-13-19-20(21(28)15-8-6-5-7-9-15)22(29)27(4)23(30)26(19)3/h5-13H,1-4H3. The minimum Gasteiger partial charge on any atom is -0.331 e. The molecule has 2 aromatic carbocycles. The molecule has 0 aliphatic carbocycles. The minimum atomic E-state index is -0.347. The molecule has 0 aliphatic rings. The van der Waals surface area contributed by atoms with Crippen LogP contribution in [0.25, 0.3) is 38.9 Å². The highest BCUT2D eigenvalue weighted by Gasteiger charge is 2.20. The molecule has 7 heteroatoms. The third-order valence-corrected chi connectivity index (χ3v) is 5.85. The van der Waals surface area contributed by atoms with Gasteiger partial charge in [-0.15, -0.1) is 0 Å². The van der Waals surface area contributed by atoms with Crippen LogP contribution in [0.5, 0.6) is 0 Å². The number of aromatic nitrogens is 5. The molecule has 0 radical (unpaired) electrons. The molecule has 0 fully saturated rings. The fraction of sp³-hybridized carbons (Fsp3) is 0.174. The van der Waals surface area contributed by atoms with Gasteiger partial charge >= 0.3 is 5.69 Å². The zero-order valence-electron chi connectivity index (χ0n) is 17.2. The maximum atomic E-state index is 13.1. The number of benzene rings is 2. The van der Waals surface area contributed by atoms with E-state index in [-0.39, 0.29) is 11.2 Å². The van der Waals surface area contributed by atoms with Gasteiger partial charge in [-0.25, -0.2) is 9.78 Å². The van der Waals surface area contributed by atoms with Crippen LogP contribution < -0.4 is 11.2 Å². The van der Waals surface area contributed by atoms with E-state index < -0.39 is 0 Å². The van der Waals surface area contributed by atoms with E-state index in [1.54, 1.807) is 7.05 Å². The Labute approximate surface area is 172 Å². The molecule has 3 heterocycles. The molecule has 0 atom stereocenters. The molecule has 5 aromatic rings. The molecule has 0 spiro atoms. The number of hydrogen-bond donors (Lipinski definition) is 0. The molecule has 0 amide bonds. The second kappa shape index (κ2) is 6.32. The Kier molecular flexibility index (Phi) is 3.83. The van der Waals surface area contributed by atoms with Crippen molar-refractivity contribution in [2.24, 2.45) is 21.1 Å². The Morgan fingerprint density at radius 2 is 1.57 bits per heavy atom. The zero-order chi connectivity index (χ0) is 21.2. The number of rotatable bonds is 2. The molecule has 0 N–H and O–H groups in total. The molecule has 0 bridgehead atoms. The van der Waals surface area contributed by atoms with E-state index in [0.29, 0.717) is 10.9 Å². The summed E-state index contributed by atoms with van der Waals surface area (Å²) in [7, 11) is 5.19. The molecule has 30 heavy (non-hydrogen) atoms. The zero-order valence-corrected chi connectivity index (χ0v) is 17.2. The molecule has 5 rings (SSSR count). The second-order valence-corrected chi connectivity index (χ2v) is 7.57. The van der Waals surface area contributed by atoms with Crippen molar-refractivity contribution in [1.29, 1.82) is 0 Å². The summed E-state index contributed by atoms with van der Waals surface area (Å²) in [5, 5.41) is 0.517. The largest absolute Gasteiger partial charge is 0.331 e. The van der Waals surface area contributed by atoms with Crippen LogP contribution in [0.1, 0.15) is 5.82 Å². The first-order chi connectivity index (χ1) is 14.4. The summed E-state index contributed by atoms with van der Waals surface area (Å²) < 4.78 is 6.70. The Hall–Kier alpha value is -3.87. The van der Waals surface area contributed by atoms with Crippen LogP contribution in [-0.4, -0.2) is 23.3 Å². The average molecular weight is 399 g/mol. The summed E-state index contributed by atoms with van der Waals surface area (Å²) in [5.41, 5.74) is 4.41. The van der Waals surface area contributed by atoms with Crippen molar-refractivity contribution in [1.82, 2.24) is 23.3 Å². The summed E-state index contributed by atoms with van der Waals surface area (Å²) in [5.74, 6) is 0.930. The van der Waals surface area contributed by atoms with E-state index in [4.69, 9.17) is 0 Å². The normalized spacial score (nSPS) is 11.6. The van der Waals surface area contributed by atoms with Gasteiger partial charge in [0.05, 0.1) is 27.6 Å². The van der Waals surface area contributed by atoms with Crippen LogP contribution in [0.15, 0.2) is 64.3 Å². The van der Waals surface area contributed by atoms with Crippen molar-refractivity contribution in [3.63, 3.8) is 0 Å². The number of imidazole rings is 1. The van der Waals surface area contributed by atoms with Crippen LogP contribution >= 0.6 is 0 Å². The number of hydrogen-bond acceptors (Lipinski definition) is 3. The Balaban J connectivity index is 1.93. The van der Waals surface area contributed by atoms with E-state index in [1.165, 1.54) is 11.6 Å². The molecule has 3 aromatic heterocycles. The van der Waals surface area contributed by atoms with E-state index in [9.17, 15) is 9.59 Å². The fourth-order valence-electron chi connectivity index (χ4n) is 4.08. The average Bonchev–Trinajstić information content (AvgIpc) is 3.29. The van der Waals surface area contributed by atoms with Crippen molar-refractivity contribution < 1.29 is 0 Å². The lowest BCUT2D eigenvalue weighted by molar-refractivity contribution is 0.714. The fourth-order valence-corrected chi connectivity index (χ4v) is 4.08. The van der Waals surface area contributed by atoms with Gasteiger partial charge in [-0.05, 0) is 30.7 Å². The van der Waals surface area contributed by atoms with Gasteiger partial charge in [0, 0.05) is 33.0 Å². The van der Waals surface area contributed by atoms with Crippen LogP contribution in [0.2, 0.25) is 0 Å². The summed E-state index contributed by atoms with van der Waals surface area (Å²) in [6.45, 7) is 1.97. The van der Waals surface area contributed by atoms with Gasteiger partial charge in [0.15, 0.2) is 0 Å². The Bertz CT molecular complexity index is 1570. The number of nitrogens with zero attached hydrogens (tertiary/aromatic N) is 5. The van der Waals surface area contributed by atoms with Crippen molar-refractivity contribution >= 4 is 21.9 Å². The summed E-state index contributed by atoms with van der Waals surface area (Å²) in [6.07, 6.45) is 1.86. The van der Waals surface area contributed by atoms with Crippen molar-refractivity contribution in [3.8, 4) is 16.9 Å². The lowest BCUT2D eigenvalue weighted by Gasteiger charge is -2.10. The van der Waals surface area contributed by atoms with E-state index >= 15 is 0 Å². The Morgan fingerprint density at radius 3 is 2.30 bits per heavy atom. The maximum absolute atomic E-state index is 13.1. The number of fused-ring (bicyclic) bond motifs is 2. The highest BCUT2D eigenvalue weighted by Crippen LogP contribution is 2.31. The predicted molar refractivity (Wildman–Crippen MR) is 118 cm³/mol. The van der Waals surface area contributed by atoms with Gasteiger partial charge in [0.2, 0.25) is 0 Å². The lowest BCUT2D eigenvalue weighted by atomic mass is 10.1. The van der Waals surface area contributed by atoms with Crippen molar-refractivity contribution in [2.75, 3.05) is 0 Å². The first kappa shape index (κ1) is 18.2. The molecular formula is C23H21N5O2. The molecule has 150 valence electrons. The minimum absolute atomic E-state index is 0.305. The van der Waals surface area contributed by atoms with Crippen LogP contribution in [0.4, 0.5) is 0 Å². The quantitative estimate of drug-likeness (QED) is 0.458. The van der Waals surface area contributed by atoms with Gasteiger partial charge < -0.3 is 9.13 Å². The molecular weight excluding hydrogens is 378 g/mol. The van der Waals surface area contributed by atoms with Gasteiger partial charge in [-0.3, -0.25) is 13.9 Å². The van der Waals surface area contributed by atoms with Gasteiger partial charge in [0.25, 0.3) is 5.56 Å². The van der Waals surface area contributed by atoms with Crippen LogP contribution in [-0.2, 0) is 21.1 Å². The third kappa shape index (κ3) is 2.41. The van der Waals surface area contributed by atoms with Gasteiger partial charge in [0.1, 0.15) is 5.82 Å². The van der Waals surface area contributed by atoms with E-state index in [1.807, 2.05) is 77.8 Å². The molecule has 0 saturated carbocycles. The van der Waals surface area contributed by atoms with Gasteiger partial charge in [-0.2, -0.15) is 0 Å². The first-order valence-electron chi connectivity index (χ1n) is 9.68. The van der Waals surface area contributed by atoms with Crippen molar-refractivity contribution in [3.05, 3.63) is 81.4 Å². The molecule has 0 aliphatic heterocycles. The third-order valence-electron chi connectivity index (χ3n) is 5.85.